The van der Waals surface area contributed by atoms with Crippen LogP contribution in [0.2, 0.25) is 0 Å². The number of halogens is 2. The molecule has 0 amide bonds. The van der Waals surface area contributed by atoms with Crippen molar-refractivity contribution >= 4 is 179 Å². The van der Waals surface area contributed by atoms with Crippen LogP contribution in [0.3, 0.4) is 0 Å². The van der Waals surface area contributed by atoms with E-state index in [1.165, 1.54) is 44.9 Å². The molecule has 0 aliphatic carbocycles. The van der Waals surface area contributed by atoms with Crippen LogP contribution in [0.5, 0.6) is 0 Å². The number of carbonyl (C=O) groups excluding carboxylic acids is 2. The third-order valence-electron chi connectivity index (χ3n) is 3.77. The number of hydrogen-bond donors (Lipinski definition) is 0. The van der Waals surface area contributed by atoms with Crippen molar-refractivity contribution in [1.82, 2.24) is 0 Å². The summed E-state index contributed by atoms with van der Waals surface area (Å²) in [5, 5.41) is 0. The zero-order valence-corrected chi connectivity index (χ0v) is 17.8. The van der Waals surface area contributed by atoms with Crippen LogP contribution < -0.4 is 0 Å². The number of carbonyl (C=O) groups is 2. The molecule has 0 bridgehead atoms. The van der Waals surface area contributed by atoms with Crippen molar-refractivity contribution in [3.8, 4) is 0 Å². The predicted octanol–water partition coefficient (Wildman–Crippen LogP) is 4.45. The molecule has 1 unspecified atom stereocenters. The first kappa shape index (κ1) is 40.8. The number of esters is 2. The second-order valence-electron chi connectivity index (χ2n) is 5.98. The number of rotatable bonds is 14. The molecule has 0 heterocycles. The molecule has 0 radical (unpaired) electrons. The van der Waals surface area contributed by atoms with Crippen molar-refractivity contribution in [2.45, 2.75) is 101 Å². The van der Waals surface area contributed by atoms with Crippen LogP contribution in [0.4, 0.5) is 0 Å². The van der Waals surface area contributed by atoms with Gasteiger partial charge in [0.05, 0.1) is 0 Å². The van der Waals surface area contributed by atoms with Gasteiger partial charge >= 0.3 is 144 Å². The van der Waals surface area contributed by atoms with E-state index in [0.29, 0.717) is 6.42 Å². The molecule has 0 aliphatic rings. The normalized spacial score (nSPS) is 10.3. The molecule has 0 fully saturated rings. The molecule has 0 N–H and O–H groups in total. The molecule has 0 aromatic heterocycles. The van der Waals surface area contributed by atoms with E-state index in [1.54, 1.807) is 0 Å². The summed E-state index contributed by atoms with van der Waals surface area (Å²) in [5.74, 6) is -0.708. The average Bonchev–Trinajstić information content (AvgIpc) is 2.50. The average molecular weight is 565 g/mol. The zero-order valence-electron chi connectivity index (χ0n) is 14.8. The van der Waals surface area contributed by atoms with E-state index in [9.17, 15) is 9.59 Å². The zero-order chi connectivity index (χ0) is 16.6. The third-order valence-corrected chi connectivity index (χ3v) is 4.90. The first-order valence-corrected chi connectivity index (χ1v) is 10.2. The van der Waals surface area contributed by atoms with E-state index in [1.807, 2.05) is 0 Å². The van der Waals surface area contributed by atoms with Gasteiger partial charge in [-0.05, 0) is 12.8 Å². The molecule has 0 aliphatic heterocycles. The molecule has 0 saturated carbocycles. The van der Waals surface area contributed by atoms with Gasteiger partial charge in [0.1, 0.15) is 3.92 Å². The maximum atomic E-state index is 11.8. The van der Waals surface area contributed by atoms with Crippen LogP contribution in [0.1, 0.15) is 97.3 Å². The van der Waals surface area contributed by atoms with Gasteiger partial charge in [0.25, 0.3) is 0 Å². The fraction of sp³-hybridized carbons (Fsp3) is 0.889. The Balaban J connectivity index is -0.000000367. The Kier molecular flexibility index (Phi) is 49.6. The summed E-state index contributed by atoms with van der Waals surface area (Å²) in [6, 6.07) is 0. The van der Waals surface area contributed by atoms with Crippen molar-refractivity contribution in [2.24, 2.45) is 0 Å². The van der Waals surface area contributed by atoms with Gasteiger partial charge < -0.3 is 4.74 Å². The van der Waals surface area contributed by atoms with Crippen molar-refractivity contribution < 1.29 is 14.3 Å². The van der Waals surface area contributed by atoms with Gasteiger partial charge in [-0.2, -0.15) is 0 Å². The van der Waals surface area contributed by atoms with Gasteiger partial charge in [-0.25, -0.2) is 0 Å². The first-order chi connectivity index (χ1) is 10.6. The van der Waals surface area contributed by atoms with Gasteiger partial charge in [-0.15, -0.1) is 12.4 Å². The maximum absolute atomic E-state index is 11.8. The number of unbranched alkanes of at least 4 members (excludes halogenated alkanes) is 9. The van der Waals surface area contributed by atoms with E-state index in [4.69, 9.17) is 4.74 Å². The van der Waals surface area contributed by atoms with E-state index in [0.717, 1.165) is 32.1 Å². The Morgan fingerprint density at radius 2 is 1.23 bits per heavy atom. The summed E-state index contributed by atoms with van der Waals surface area (Å²) in [7, 11) is 0. The summed E-state index contributed by atoms with van der Waals surface area (Å²) in [6.45, 7) is 4.38. The minimum atomic E-state index is -0.355. The molecule has 0 spiro atoms. The predicted molar refractivity (Wildman–Crippen MR) is 129 cm³/mol. The summed E-state index contributed by atoms with van der Waals surface area (Å²) in [6.07, 6.45) is 13.9. The molecule has 26 heavy (non-hydrogen) atoms. The summed E-state index contributed by atoms with van der Waals surface area (Å²) < 4.78 is 4.75. The van der Waals surface area contributed by atoms with Gasteiger partial charge in [0.2, 0.25) is 0 Å². The van der Waals surface area contributed by atoms with E-state index in [-0.39, 0.29) is 161 Å². The van der Waals surface area contributed by atoms with Crippen LogP contribution >= 0.6 is 35.0 Å². The SMILES string of the molecule is CCCCCCCCC(=O)OC(=O)C(I)CCCCCCC.Cl.[KH].[KH].[NaH]. The standard InChI is InChI=1S/C18H33IO3.ClH.2K.Na.3H/c1-3-5-7-9-11-13-15-17(20)22-18(21)16(19)14-12-10-8-6-4-2;;;;;;;/h16H,3-15H2,1-2H3;1H;;;;;;. The third kappa shape index (κ3) is 28.4. The summed E-state index contributed by atoms with van der Waals surface area (Å²) >= 11 is 2.10. The van der Waals surface area contributed by atoms with Crippen LogP contribution in [0.25, 0.3) is 0 Å². The van der Waals surface area contributed by atoms with E-state index < -0.39 is 0 Å². The van der Waals surface area contributed by atoms with Crippen molar-refractivity contribution in [1.29, 1.82) is 0 Å². The van der Waals surface area contributed by atoms with Crippen molar-refractivity contribution in [3.63, 3.8) is 0 Å². The molecule has 0 aromatic rings. The first-order valence-electron chi connectivity index (χ1n) is 9.00. The molecule has 1 atom stereocenters. The molecule has 0 rings (SSSR count). The van der Waals surface area contributed by atoms with Gasteiger partial charge in [0.15, 0.2) is 0 Å². The quantitative estimate of drug-likeness (QED) is 0.0782. The summed E-state index contributed by atoms with van der Waals surface area (Å²) in [4.78, 5) is 23.4. The van der Waals surface area contributed by atoms with Gasteiger partial charge in [0, 0.05) is 6.42 Å². The van der Waals surface area contributed by atoms with Crippen LogP contribution in [0.15, 0.2) is 0 Å². The minimum absolute atomic E-state index is 0. The Labute approximate surface area is 288 Å². The van der Waals surface area contributed by atoms with Crippen LogP contribution in [-0.4, -0.2) is 148 Å². The van der Waals surface area contributed by atoms with Crippen molar-refractivity contribution in [2.75, 3.05) is 0 Å². The molecular weight excluding hydrogens is 528 g/mol. The molecule has 3 nitrogen and oxygen atoms in total. The van der Waals surface area contributed by atoms with Crippen LogP contribution in [-0.2, 0) is 14.3 Å². The van der Waals surface area contributed by atoms with E-state index >= 15 is 0 Å². The fourth-order valence-electron chi connectivity index (χ4n) is 2.32. The number of alkyl halides is 1. The second kappa shape index (κ2) is 31.6. The second-order valence-corrected chi connectivity index (χ2v) is 7.48. The Bertz CT molecular complexity index is 314. The molecule has 0 aromatic carbocycles. The van der Waals surface area contributed by atoms with Gasteiger partial charge in [-0.3, -0.25) is 9.59 Å². The topological polar surface area (TPSA) is 43.4 Å². The Morgan fingerprint density at radius 1 is 0.808 bits per heavy atom. The molecule has 144 valence electrons. The summed E-state index contributed by atoms with van der Waals surface area (Å²) in [5.41, 5.74) is 0. The van der Waals surface area contributed by atoms with Crippen molar-refractivity contribution in [3.05, 3.63) is 0 Å². The van der Waals surface area contributed by atoms with E-state index in [2.05, 4.69) is 36.4 Å². The molecule has 0 saturated heterocycles. The number of hydrogen-bond acceptors (Lipinski definition) is 3. The van der Waals surface area contributed by atoms with Crippen LogP contribution in [0, 0.1) is 0 Å². The Morgan fingerprint density at radius 3 is 1.73 bits per heavy atom. The molecule has 8 heteroatoms. The van der Waals surface area contributed by atoms with Gasteiger partial charge in [-0.1, -0.05) is 101 Å². The Hall–Kier alpha value is 4.43. The fourth-order valence-corrected chi connectivity index (χ4v) is 2.89. The number of ether oxygens (including phenoxy) is 1. The molecular formula is C18H37ClIK2NaO3. The monoisotopic (exact) mass is 564 g/mol.